The second-order valence-electron chi connectivity index (χ2n) is 5.76. The second kappa shape index (κ2) is 6.65. The van der Waals surface area contributed by atoms with Gasteiger partial charge in [-0.25, -0.2) is 0 Å². The number of rotatable bonds is 4. The van der Waals surface area contributed by atoms with Gasteiger partial charge in [0.2, 0.25) is 11.7 Å². The number of furan rings is 1. The summed E-state index contributed by atoms with van der Waals surface area (Å²) in [5.74, 6) is 0.678. The average Bonchev–Trinajstić information content (AvgIpc) is 3.26. The highest BCUT2D eigenvalue weighted by Gasteiger charge is 2.18. The number of hydrogen-bond donors (Lipinski definition) is 1. The van der Waals surface area contributed by atoms with Crippen LogP contribution in [0.2, 0.25) is 5.02 Å². The largest absolute Gasteiger partial charge is 0.451 e. The van der Waals surface area contributed by atoms with Crippen LogP contribution in [0.1, 0.15) is 22.0 Å². The predicted molar refractivity (Wildman–Crippen MR) is 96.9 cm³/mol. The molecule has 2 aromatic heterocycles. The molecule has 0 saturated carbocycles. The molecule has 7 heteroatoms. The molecule has 1 amide bonds. The van der Waals surface area contributed by atoms with E-state index in [1.165, 1.54) is 0 Å². The fraction of sp³-hybridized carbons (Fsp3) is 0.105. The van der Waals surface area contributed by atoms with E-state index in [1.807, 2.05) is 37.3 Å². The van der Waals surface area contributed by atoms with Gasteiger partial charge in [-0.15, -0.1) is 0 Å². The second-order valence-corrected chi connectivity index (χ2v) is 6.19. The fourth-order valence-electron chi connectivity index (χ4n) is 2.68. The normalized spacial score (nSPS) is 11.0. The van der Waals surface area contributed by atoms with Crippen molar-refractivity contribution in [1.82, 2.24) is 15.5 Å². The zero-order valence-corrected chi connectivity index (χ0v) is 14.6. The summed E-state index contributed by atoms with van der Waals surface area (Å²) < 4.78 is 10.8. The number of benzene rings is 2. The van der Waals surface area contributed by atoms with Crippen LogP contribution in [-0.4, -0.2) is 16.0 Å². The third-order valence-corrected chi connectivity index (χ3v) is 4.24. The molecular formula is C19H14ClN3O3. The lowest BCUT2D eigenvalue weighted by molar-refractivity contribution is 0.0920. The van der Waals surface area contributed by atoms with Crippen LogP contribution in [0.4, 0.5) is 0 Å². The van der Waals surface area contributed by atoms with Crippen LogP contribution in [0.25, 0.3) is 22.4 Å². The van der Waals surface area contributed by atoms with Crippen molar-refractivity contribution in [3.05, 3.63) is 70.8 Å². The Bertz CT molecular complexity index is 1090. The van der Waals surface area contributed by atoms with E-state index in [4.69, 9.17) is 20.5 Å². The summed E-state index contributed by atoms with van der Waals surface area (Å²) >= 11 is 6.00. The molecule has 0 spiro atoms. The van der Waals surface area contributed by atoms with Gasteiger partial charge in [-0.1, -0.05) is 47.1 Å². The summed E-state index contributed by atoms with van der Waals surface area (Å²) in [4.78, 5) is 16.7. The number of aromatic nitrogens is 2. The average molecular weight is 368 g/mol. The quantitative estimate of drug-likeness (QED) is 0.579. The van der Waals surface area contributed by atoms with Crippen molar-refractivity contribution in [2.45, 2.75) is 13.5 Å². The number of carbonyl (C=O) groups is 1. The number of halogens is 1. The van der Waals surface area contributed by atoms with Crippen LogP contribution < -0.4 is 5.32 Å². The maximum atomic E-state index is 12.4. The van der Waals surface area contributed by atoms with Crippen LogP contribution in [0.5, 0.6) is 0 Å². The number of nitrogens with zero attached hydrogens (tertiary/aromatic N) is 2. The van der Waals surface area contributed by atoms with Crippen molar-refractivity contribution in [2.75, 3.05) is 0 Å². The molecule has 0 bridgehead atoms. The van der Waals surface area contributed by atoms with Gasteiger partial charge in [0.1, 0.15) is 5.58 Å². The minimum Gasteiger partial charge on any atom is -0.451 e. The Morgan fingerprint density at radius 1 is 1.19 bits per heavy atom. The van der Waals surface area contributed by atoms with Gasteiger partial charge in [-0.2, -0.15) is 4.98 Å². The molecule has 0 aliphatic heterocycles. The number of nitrogens with one attached hydrogen (secondary N) is 1. The summed E-state index contributed by atoms with van der Waals surface area (Å²) in [5, 5.41) is 8.06. The first-order valence-electron chi connectivity index (χ1n) is 7.96. The van der Waals surface area contributed by atoms with Crippen LogP contribution in [0.3, 0.4) is 0 Å². The monoisotopic (exact) mass is 367 g/mol. The lowest BCUT2D eigenvalue weighted by atomic mass is 10.1. The maximum Gasteiger partial charge on any atom is 0.287 e. The fourth-order valence-corrected chi connectivity index (χ4v) is 2.85. The van der Waals surface area contributed by atoms with E-state index < -0.39 is 0 Å². The van der Waals surface area contributed by atoms with Crippen LogP contribution >= 0.6 is 11.6 Å². The molecular weight excluding hydrogens is 354 g/mol. The van der Waals surface area contributed by atoms with Crippen LogP contribution in [-0.2, 0) is 6.54 Å². The Hall–Kier alpha value is -3.12. The Morgan fingerprint density at radius 2 is 2.00 bits per heavy atom. The van der Waals surface area contributed by atoms with Crippen LogP contribution in [0, 0.1) is 6.92 Å². The molecule has 4 rings (SSSR count). The van der Waals surface area contributed by atoms with E-state index in [-0.39, 0.29) is 18.2 Å². The summed E-state index contributed by atoms with van der Waals surface area (Å²) in [7, 11) is 0. The zero-order valence-electron chi connectivity index (χ0n) is 13.8. The Kier molecular flexibility index (Phi) is 4.18. The molecule has 26 heavy (non-hydrogen) atoms. The van der Waals surface area contributed by atoms with E-state index in [1.54, 1.807) is 18.2 Å². The van der Waals surface area contributed by atoms with Gasteiger partial charge in [0.05, 0.1) is 6.54 Å². The van der Waals surface area contributed by atoms with Gasteiger partial charge in [-0.3, -0.25) is 4.79 Å². The molecule has 0 aliphatic carbocycles. The lowest BCUT2D eigenvalue weighted by Gasteiger charge is -2.00. The highest BCUT2D eigenvalue weighted by Crippen LogP contribution is 2.27. The minimum atomic E-state index is -0.353. The van der Waals surface area contributed by atoms with Crippen molar-refractivity contribution < 1.29 is 13.7 Å². The molecule has 0 atom stereocenters. The Labute approximate surface area is 153 Å². The topological polar surface area (TPSA) is 81.2 Å². The van der Waals surface area contributed by atoms with Crippen molar-refractivity contribution in [2.24, 2.45) is 0 Å². The number of carbonyl (C=O) groups excluding carboxylic acids is 1. The van der Waals surface area contributed by atoms with Gasteiger partial charge in [0, 0.05) is 21.5 Å². The van der Waals surface area contributed by atoms with Gasteiger partial charge < -0.3 is 14.3 Å². The molecule has 1 N–H and O–H groups in total. The third kappa shape index (κ3) is 3.07. The number of fused-ring (bicyclic) bond motifs is 1. The first kappa shape index (κ1) is 16.4. The zero-order chi connectivity index (χ0) is 18.1. The maximum absolute atomic E-state index is 12.4. The Morgan fingerprint density at radius 3 is 2.81 bits per heavy atom. The molecule has 0 aliphatic rings. The summed E-state index contributed by atoms with van der Waals surface area (Å²) in [6.07, 6.45) is 0. The smallest absolute Gasteiger partial charge is 0.287 e. The molecule has 130 valence electrons. The molecule has 2 heterocycles. The molecule has 4 aromatic rings. The van der Waals surface area contributed by atoms with E-state index >= 15 is 0 Å². The molecule has 2 aromatic carbocycles. The lowest BCUT2D eigenvalue weighted by Crippen LogP contribution is -2.23. The summed E-state index contributed by atoms with van der Waals surface area (Å²) in [6, 6.07) is 14.7. The molecule has 0 unspecified atom stereocenters. The predicted octanol–water partition coefficient (Wildman–Crippen LogP) is 4.37. The van der Waals surface area contributed by atoms with Crippen molar-refractivity contribution in [3.63, 3.8) is 0 Å². The number of amides is 1. The van der Waals surface area contributed by atoms with Gasteiger partial charge in [0.25, 0.3) is 5.91 Å². The van der Waals surface area contributed by atoms with E-state index in [0.717, 1.165) is 16.5 Å². The highest BCUT2D eigenvalue weighted by atomic mass is 35.5. The first-order valence-corrected chi connectivity index (χ1v) is 8.34. The third-order valence-electron chi connectivity index (χ3n) is 4.00. The van der Waals surface area contributed by atoms with E-state index in [0.29, 0.717) is 22.3 Å². The van der Waals surface area contributed by atoms with E-state index in [2.05, 4.69) is 15.5 Å². The SMILES string of the molecule is Cc1c(C(=O)NCc2nc(-c3ccccc3)no2)oc2ccc(Cl)cc12. The van der Waals surface area contributed by atoms with Gasteiger partial charge in [-0.05, 0) is 25.1 Å². The molecule has 0 saturated heterocycles. The molecule has 0 fully saturated rings. The first-order chi connectivity index (χ1) is 12.6. The summed E-state index contributed by atoms with van der Waals surface area (Å²) in [6.45, 7) is 1.92. The van der Waals surface area contributed by atoms with Gasteiger partial charge in [0.15, 0.2) is 5.76 Å². The highest BCUT2D eigenvalue weighted by molar-refractivity contribution is 6.31. The standard InChI is InChI=1S/C19H14ClN3O3/c1-11-14-9-13(20)7-8-15(14)25-17(11)19(24)21-10-16-22-18(23-26-16)12-5-3-2-4-6-12/h2-9H,10H2,1H3,(H,21,24). The van der Waals surface area contributed by atoms with Crippen molar-refractivity contribution in [1.29, 1.82) is 0 Å². The number of aryl methyl sites for hydroxylation is 1. The van der Waals surface area contributed by atoms with E-state index in [9.17, 15) is 4.79 Å². The molecule has 0 radical (unpaired) electrons. The van der Waals surface area contributed by atoms with Crippen molar-refractivity contribution in [3.8, 4) is 11.4 Å². The summed E-state index contributed by atoms with van der Waals surface area (Å²) in [5.41, 5.74) is 2.19. The Balaban J connectivity index is 1.49. The molecule has 6 nitrogen and oxygen atoms in total. The van der Waals surface area contributed by atoms with Crippen LogP contribution in [0.15, 0.2) is 57.5 Å². The number of hydrogen-bond acceptors (Lipinski definition) is 5. The minimum absolute atomic E-state index is 0.107. The van der Waals surface area contributed by atoms with Crippen molar-refractivity contribution >= 4 is 28.5 Å². The van der Waals surface area contributed by atoms with Gasteiger partial charge >= 0.3 is 0 Å².